The average Bonchev–Trinajstić information content (AvgIpc) is 2.71. The number of hydrogen-bond donors (Lipinski definition) is 2. The maximum absolute atomic E-state index is 13.0. The van der Waals surface area contributed by atoms with Crippen molar-refractivity contribution < 1.29 is 18.0 Å². The van der Waals surface area contributed by atoms with Gasteiger partial charge in [0.05, 0.1) is 4.90 Å². The van der Waals surface area contributed by atoms with Crippen LogP contribution >= 0.6 is 0 Å². The smallest absolute Gasteiger partial charge is 0.322 e. The highest BCUT2D eigenvalue weighted by molar-refractivity contribution is 7.89. The molecule has 24 heavy (non-hydrogen) atoms. The van der Waals surface area contributed by atoms with Gasteiger partial charge in [-0.3, -0.25) is 10.1 Å². The van der Waals surface area contributed by atoms with Gasteiger partial charge < -0.3 is 5.32 Å². The Morgan fingerprint density at radius 2 is 1.58 bits per heavy atom. The van der Waals surface area contributed by atoms with Crippen molar-refractivity contribution in [3.63, 3.8) is 0 Å². The summed E-state index contributed by atoms with van der Waals surface area (Å²) < 4.78 is 27.5. The molecule has 0 atom stereocenters. The van der Waals surface area contributed by atoms with Crippen molar-refractivity contribution in [1.29, 1.82) is 0 Å². The van der Waals surface area contributed by atoms with Gasteiger partial charge in [-0.25, -0.2) is 13.2 Å². The lowest BCUT2D eigenvalue weighted by molar-refractivity contribution is -0.125. The SMILES string of the molecule is Cc1cc(C)c(S(=O)(=O)N2CCC3(CC2)NC(=O)NC3=O)c(C)c1. The summed E-state index contributed by atoms with van der Waals surface area (Å²) >= 11 is 0. The normalized spacial score (nSPS) is 21.0. The van der Waals surface area contributed by atoms with Crippen LogP contribution in [0.4, 0.5) is 4.79 Å². The summed E-state index contributed by atoms with van der Waals surface area (Å²) in [6, 6.07) is 3.20. The van der Waals surface area contributed by atoms with Crippen LogP contribution in [-0.4, -0.2) is 43.3 Å². The molecular weight excluding hydrogens is 330 g/mol. The van der Waals surface area contributed by atoms with Gasteiger partial charge in [0, 0.05) is 13.1 Å². The second kappa shape index (κ2) is 5.56. The fourth-order valence-electron chi connectivity index (χ4n) is 3.69. The van der Waals surface area contributed by atoms with Crippen LogP contribution in [0.1, 0.15) is 29.5 Å². The number of rotatable bonds is 2. The molecule has 0 bridgehead atoms. The van der Waals surface area contributed by atoms with Crippen LogP contribution in [0.3, 0.4) is 0 Å². The monoisotopic (exact) mass is 351 g/mol. The predicted molar refractivity (Wildman–Crippen MR) is 88.1 cm³/mol. The number of piperidine rings is 1. The van der Waals surface area contributed by atoms with Crippen molar-refractivity contribution >= 4 is 22.0 Å². The number of hydrogen-bond acceptors (Lipinski definition) is 4. The van der Waals surface area contributed by atoms with Crippen molar-refractivity contribution in [1.82, 2.24) is 14.9 Å². The Labute approximate surface area is 141 Å². The van der Waals surface area contributed by atoms with Gasteiger partial charge in [0.25, 0.3) is 5.91 Å². The average molecular weight is 351 g/mol. The third kappa shape index (κ3) is 2.59. The Hall–Kier alpha value is -1.93. The van der Waals surface area contributed by atoms with E-state index in [0.717, 1.165) is 16.7 Å². The summed E-state index contributed by atoms with van der Waals surface area (Å²) in [5.41, 5.74) is 1.49. The van der Waals surface area contributed by atoms with E-state index < -0.39 is 21.6 Å². The van der Waals surface area contributed by atoms with E-state index in [2.05, 4.69) is 10.6 Å². The van der Waals surface area contributed by atoms with E-state index in [9.17, 15) is 18.0 Å². The van der Waals surface area contributed by atoms with Crippen LogP contribution in [-0.2, 0) is 14.8 Å². The molecule has 7 nitrogen and oxygen atoms in total. The number of benzene rings is 1. The van der Waals surface area contributed by atoms with E-state index in [1.165, 1.54) is 4.31 Å². The molecule has 2 aliphatic heterocycles. The van der Waals surface area contributed by atoms with E-state index in [1.54, 1.807) is 13.8 Å². The van der Waals surface area contributed by atoms with Crippen LogP contribution in [0.2, 0.25) is 0 Å². The van der Waals surface area contributed by atoms with E-state index >= 15 is 0 Å². The molecule has 2 aliphatic rings. The van der Waals surface area contributed by atoms with Crippen molar-refractivity contribution in [3.05, 3.63) is 28.8 Å². The lowest BCUT2D eigenvalue weighted by atomic mass is 9.89. The standard InChI is InChI=1S/C16H21N3O4S/c1-10-8-11(2)13(12(3)9-10)24(22,23)19-6-4-16(5-7-19)14(20)17-15(21)18-16/h8-9H,4-7H2,1-3H3,(H2,17,18,20,21). The summed E-state index contributed by atoms with van der Waals surface area (Å²) in [5, 5.41) is 4.87. The zero-order chi connectivity index (χ0) is 17.7. The Balaban J connectivity index is 1.86. The second-order valence-corrected chi connectivity index (χ2v) is 8.50. The number of imide groups is 1. The quantitative estimate of drug-likeness (QED) is 0.776. The van der Waals surface area contributed by atoms with Gasteiger partial charge in [0.2, 0.25) is 10.0 Å². The minimum Gasteiger partial charge on any atom is -0.323 e. The van der Waals surface area contributed by atoms with E-state index in [4.69, 9.17) is 0 Å². The Kier molecular flexibility index (Phi) is 3.92. The van der Waals surface area contributed by atoms with E-state index in [0.29, 0.717) is 4.90 Å². The maximum atomic E-state index is 13.0. The molecule has 0 radical (unpaired) electrons. The Morgan fingerprint density at radius 3 is 2.04 bits per heavy atom. The number of sulfonamides is 1. The topological polar surface area (TPSA) is 95.6 Å². The first kappa shape index (κ1) is 16.9. The van der Waals surface area contributed by atoms with Gasteiger partial charge in [0.15, 0.2) is 0 Å². The number of urea groups is 1. The Bertz CT molecular complexity index is 801. The van der Waals surface area contributed by atoms with Crippen molar-refractivity contribution in [3.8, 4) is 0 Å². The molecule has 1 aromatic rings. The zero-order valence-electron chi connectivity index (χ0n) is 14.0. The third-order valence-electron chi connectivity index (χ3n) is 4.79. The minimum absolute atomic E-state index is 0.197. The van der Waals surface area contributed by atoms with Crippen LogP contribution < -0.4 is 10.6 Å². The molecule has 1 aromatic carbocycles. The van der Waals surface area contributed by atoms with Crippen LogP contribution in [0.25, 0.3) is 0 Å². The minimum atomic E-state index is -3.63. The highest BCUT2D eigenvalue weighted by Crippen LogP contribution is 2.31. The number of carbonyl (C=O) groups excluding carboxylic acids is 2. The first-order valence-electron chi connectivity index (χ1n) is 7.87. The third-order valence-corrected chi connectivity index (χ3v) is 7.00. The zero-order valence-corrected chi connectivity index (χ0v) is 14.8. The molecule has 1 spiro atoms. The number of nitrogens with zero attached hydrogens (tertiary/aromatic N) is 1. The fourth-order valence-corrected chi connectivity index (χ4v) is 5.54. The highest BCUT2D eigenvalue weighted by Gasteiger charge is 2.49. The maximum Gasteiger partial charge on any atom is 0.322 e. The van der Waals surface area contributed by atoms with Crippen molar-refractivity contribution in [2.24, 2.45) is 0 Å². The largest absolute Gasteiger partial charge is 0.323 e. The molecule has 2 N–H and O–H groups in total. The van der Waals surface area contributed by atoms with Crippen LogP contribution in [0.15, 0.2) is 17.0 Å². The van der Waals surface area contributed by atoms with Crippen molar-refractivity contribution in [2.45, 2.75) is 44.0 Å². The highest BCUT2D eigenvalue weighted by atomic mass is 32.2. The molecule has 2 fully saturated rings. The first-order valence-corrected chi connectivity index (χ1v) is 9.31. The molecule has 0 unspecified atom stereocenters. The van der Waals surface area contributed by atoms with Gasteiger partial charge in [-0.1, -0.05) is 17.7 Å². The fraction of sp³-hybridized carbons (Fsp3) is 0.500. The summed E-state index contributed by atoms with van der Waals surface area (Å²) in [4.78, 5) is 23.7. The van der Waals surface area contributed by atoms with Crippen molar-refractivity contribution in [2.75, 3.05) is 13.1 Å². The predicted octanol–water partition coefficient (Wildman–Crippen LogP) is 0.975. The van der Waals surface area contributed by atoms with E-state index in [1.807, 2.05) is 19.1 Å². The second-order valence-electron chi connectivity index (χ2n) is 6.62. The molecule has 3 amide bonds. The molecule has 8 heteroatoms. The molecule has 3 rings (SSSR count). The molecular formula is C16H21N3O4S. The van der Waals surface area contributed by atoms with Crippen LogP contribution in [0.5, 0.6) is 0 Å². The van der Waals surface area contributed by atoms with Gasteiger partial charge in [-0.2, -0.15) is 4.31 Å². The van der Waals surface area contributed by atoms with Gasteiger partial charge in [-0.15, -0.1) is 0 Å². The molecule has 130 valence electrons. The molecule has 0 aliphatic carbocycles. The van der Waals surface area contributed by atoms with Gasteiger partial charge in [-0.05, 0) is 44.7 Å². The number of aryl methyl sites for hydroxylation is 3. The number of carbonyl (C=O) groups is 2. The van der Waals surface area contributed by atoms with Crippen LogP contribution in [0, 0.1) is 20.8 Å². The number of nitrogens with one attached hydrogen (secondary N) is 2. The lowest BCUT2D eigenvalue weighted by Gasteiger charge is -2.36. The molecule has 0 saturated carbocycles. The molecule has 0 aromatic heterocycles. The van der Waals surface area contributed by atoms with Gasteiger partial charge >= 0.3 is 6.03 Å². The first-order chi connectivity index (χ1) is 11.2. The molecule has 2 heterocycles. The number of amides is 3. The summed E-state index contributed by atoms with van der Waals surface area (Å²) in [7, 11) is -3.63. The van der Waals surface area contributed by atoms with Gasteiger partial charge in [0.1, 0.15) is 5.54 Å². The Morgan fingerprint density at radius 1 is 1.04 bits per heavy atom. The van der Waals surface area contributed by atoms with E-state index in [-0.39, 0.29) is 31.8 Å². The summed E-state index contributed by atoms with van der Waals surface area (Å²) in [6.07, 6.45) is 0.543. The lowest BCUT2D eigenvalue weighted by Crippen LogP contribution is -2.55. The molecule has 2 saturated heterocycles. The summed E-state index contributed by atoms with van der Waals surface area (Å²) in [5.74, 6) is -0.368. The summed E-state index contributed by atoms with van der Waals surface area (Å²) in [6.45, 7) is 5.92.